The third-order valence-electron chi connectivity index (χ3n) is 8.29. The number of allylic oxidation sites excluding steroid dienone is 2. The van der Waals surface area contributed by atoms with E-state index < -0.39 is 51.1 Å². The number of thiol groups is 1. The Kier molecular flexibility index (Phi) is 5.46. The summed E-state index contributed by atoms with van der Waals surface area (Å²) in [6.07, 6.45) is 1.53. The van der Waals surface area contributed by atoms with Crippen molar-refractivity contribution in [3.05, 3.63) is 11.6 Å². The van der Waals surface area contributed by atoms with E-state index >= 15 is 4.39 Å². The van der Waals surface area contributed by atoms with Gasteiger partial charge < -0.3 is 15.0 Å². The summed E-state index contributed by atoms with van der Waals surface area (Å²) < 4.78 is 16.8. The van der Waals surface area contributed by atoms with E-state index in [9.17, 15) is 24.6 Å². The first-order chi connectivity index (χ1) is 13.3. The lowest BCUT2D eigenvalue weighted by Crippen LogP contribution is -2.69. The quantitative estimate of drug-likeness (QED) is 0.365. The molecule has 0 aromatic rings. The number of fused-ring (bicyclic) bond motifs is 3. The van der Waals surface area contributed by atoms with Crippen molar-refractivity contribution in [3.63, 3.8) is 0 Å². The van der Waals surface area contributed by atoms with E-state index in [2.05, 4.69) is 12.6 Å². The average Bonchev–Trinajstić information content (AvgIpc) is 2.63. The highest BCUT2D eigenvalue weighted by Crippen LogP contribution is 2.66. The molecule has 29 heavy (non-hydrogen) atoms. The van der Waals surface area contributed by atoms with E-state index in [4.69, 9.17) is 0 Å². The minimum absolute atomic E-state index is 0.0297. The number of rotatable bonds is 4. The highest BCUT2D eigenvalue weighted by molar-refractivity contribution is 7.96. The van der Waals surface area contributed by atoms with Gasteiger partial charge in [0.1, 0.15) is 17.6 Å². The Morgan fingerprint density at radius 3 is 2.48 bits per heavy atom. The molecule has 0 heterocycles. The summed E-state index contributed by atoms with van der Waals surface area (Å²) in [5.74, 6) is -2.29. The minimum Gasteiger partial charge on any atom is -0.390 e. The SMILES string of the molecule is CC(C)C(O)(C(=O)S)C1(C)CC(O)C2(F)C(CCC3=CC(=O)C(C=O)CC32C)C1. The number of halogens is 1. The highest BCUT2D eigenvalue weighted by Gasteiger charge is 2.69. The molecule has 7 heteroatoms. The zero-order valence-corrected chi connectivity index (χ0v) is 18.3. The van der Waals surface area contributed by atoms with E-state index in [1.807, 2.05) is 0 Å². The van der Waals surface area contributed by atoms with Crippen LogP contribution in [0, 0.1) is 28.6 Å². The van der Waals surface area contributed by atoms with Crippen LogP contribution in [0.15, 0.2) is 11.6 Å². The Labute approximate surface area is 176 Å². The monoisotopic (exact) mass is 426 g/mol. The molecular weight excluding hydrogens is 395 g/mol. The molecule has 0 spiro atoms. The van der Waals surface area contributed by atoms with E-state index in [-0.39, 0.29) is 25.0 Å². The van der Waals surface area contributed by atoms with Crippen LogP contribution in [0.2, 0.25) is 0 Å². The van der Waals surface area contributed by atoms with Crippen LogP contribution in [0.5, 0.6) is 0 Å². The molecular formula is C22H31FO5S. The first-order valence-electron chi connectivity index (χ1n) is 10.3. The molecule has 162 valence electrons. The van der Waals surface area contributed by atoms with Crippen molar-refractivity contribution in [1.29, 1.82) is 0 Å². The number of hydrogen-bond acceptors (Lipinski definition) is 5. The molecule has 2 fully saturated rings. The Hall–Kier alpha value is -1.05. The largest absolute Gasteiger partial charge is 0.390 e. The Morgan fingerprint density at radius 2 is 1.97 bits per heavy atom. The van der Waals surface area contributed by atoms with Gasteiger partial charge in [-0.15, -0.1) is 12.6 Å². The van der Waals surface area contributed by atoms with Crippen LogP contribution in [-0.2, 0) is 14.4 Å². The number of aldehydes is 1. The van der Waals surface area contributed by atoms with Gasteiger partial charge in [-0.2, -0.15) is 0 Å². The lowest BCUT2D eigenvalue weighted by atomic mass is 9.44. The van der Waals surface area contributed by atoms with Gasteiger partial charge in [0, 0.05) is 10.8 Å². The molecule has 0 aliphatic heterocycles. The Balaban J connectivity index is 2.07. The highest BCUT2D eigenvalue weighted by atomic mass is 32.1. The van der Waals surface area contributed by atoms with Crippen molar-refractivity contribution in [2.24, 2.45) is 28.6 Å². The lowest BCUT2D eigenvalue weighted by molar-refractivity contribution is -0.222. The van der Waals surface area contributed by atoms with Crippen molar-refractivity contribution < 1.29 is 29.0 Å². The minimum atomic E-state index is -2.05. The van der Waals surface area contributed by atoms with Gasteiger partial charge in [-0.3, -0.25) is 9.59 Å². The summed E-state index contributed by atoms with van der Waals surface area (Å²) >= 11 is 3.93. The van der Waals surface area contributed by atoms with Crippen molar-refractivity contribution in [1.82, 2.24) is 0 Å². The summed E-state index contributed by atoms with van der Waals surface area (Å²) in [6, 6.07) is 0. The van der Waals surface area contributed by atoms with E-state index in [0.717, 1.165) is 0 Å². The molecule has 0 radical (unpaired) electrons. The van der Waals surface area contributed by atoms with Crippen molar-refractivity contribution in [2.45, 2.75) is 77.2 Å². The van der Waals surface area contributed by atoms with Crippen LogP contribution in [-0.4, -0.2) is 44.8 Å². The second kappa shape index (κ2) is 6.99. The van der Waals surface area contributed by atoms with Gasteiger partial charge in [-0.25, -0.2) is 4.39 Å². The van der Waals surface area contributed by atoms with E-state index in [0.29, 0.717) is 24.7 Å². The van der Waals surface area contributed by atoms with Gasteiger partial charge in [0.05, 0.1) is 12.0 Å². The normalized spacial score (nSPS) is 44.4. The van der Waals surface area contributed by atoms with Crippen molar-refractivity contribution in [3.8, 4) is 0 Å². The summed E-state index contributed by atoms with van der Waals surface area (Å²) in [6.45, 7) is 6.84. The molecule has 0 aromatic carbocycles. The molecule has 0 amide bonds. The standard InChI is InChI=1S/C22H31FO5S/c1-12(2)22(28,18(27)29)19(3)9-15-6-5-14-7-16(25)13(11-24)8-20(14,4)21(15,23)17(26)10-19/h7,11-13,15,17,26,28H,5-6,8-10H2,1-4H3,(H,27,29). The zero-order valence-electron chi connectivity index (χ0n) is 17.4. The first-order valence-corrected chi connectivity index (χ1v) is 10.8. The Morgan fingerprint density at radius 1 is 1.34 bits per heavy atom. The van der Waals surface area contributed by atoms with Gasteiger partial charge in [0.15, 0.2) is 5.78 Å². The maximum atomic E-state index is 16.8. The van der Waals surface area contributed by atoms with Crippen molar-refractivity contribution >= 4 is 29.8 Å². The molecule has 2 N–H and O–H groups in total. The number of ketones is 1. The fourth-order valence-corrected chi connectivity index (χ4v) is 7.10. The summed E-state index contributed by atoms with van der Waals surface area (Å²) in [5, 5.41) is 21.7. The van der Waals surface area contributed by atoms with Crippen LogP contribution in [0.4, 0.5) is 4.39 Å². The Bertz CT molecular complexity index is 781. The smallest absolute Gasteiger partial charge is 0.218 e. The van der Waals surface area contributed by atoms with Gasteiger partial charge >= 0.3 is 0 Å². The first kappa shape index (κ1) is 22.6. The number of aliphatic hydroxyl groups excluding tert-OH is 1. The second-order valence-corrected chi connectivity index (χ2v) is 10.5. The molecule has 0 aromatic heterocycles. The molecule has 3 aliphatic rings. The molecule has 2 saturated carbocycles. The number of aliphatic hydroxyl groups is 2. The predicted octanol–water partition coefficient (Wildman–Crippen LogP) is 2.83. The molecule has 3 aliphatic carbocycles. The third-order valence-corrected chi connectivity index (χ3v) is 8.63. The van der Waals surface area contributed by atoms with E-state index in [1.165, 1.54) is 6.08 Å². The molecule has 7 unspecified atom stereocenters. The average molecular weight is 427 g/mol. The number of carbonyl (C=O) groups is 3. The summed E-state index contributed by atoms with van der Waals surface area (Å²) in [7, 11) is 0. The maximum Gasteiger partial charge on any atom is 0.218 e. The number of alkyl halides is 1. The molecule has 5 nitrogen and oxygen atoms in total. The van der Waals surface area contributed by atoms with Crippen LogP contribution < -0.4 is 0 Å². The van der Waals surface area contributed by atoms with Gasteiger partial charge in [0.2, 0.25) is 5.12 Å². The maximum absolute atomic E-state index is 16.8. The van der Waals surface area contributed by atoms with Crippen LogP contribution >= 0.6 is 12.6 Å². The number of hydrogen-bond donors (Lipinski definition) is 3. The molecule has 3 rings (SSSR count). The topological polar surface area (TPSA) is 91.7 Å². The summed E-state index contributed by atoms with van der Waals surface area (Å²) in [4.78, 5) is 35.9. The summed E-state index contributed by atoms with van der Waals surface area (Å²) in [5.41, 5.74) is -5.39. The lowest BCUT2D eigenvalue weighted by Gasteiger charge is -2.63. The molecule has 0 bridgehead atoms. The van der Waals surface area contributed by atoms with Crippen LogP contribution in [0.1, 0.15) is 59.8 Å². The second-order valence-electron chi connectivity index (χ2n) is 10.1. The fraction of sp³-hybridized carbons (Fsp3) is 0.773. The van der Waals surface area contributed by atoms with Crippen molar-refractivity contribution in [2.75, 3.05) is 0 Å². The predicted molar refractivity (Wildman–Crippen MR) is 109 cm³/mol. The molecule has 0 saturated heterocycles. The van der Waals surface area contributed by atoms with E-state index in [1.54, 1.807) is 27.7 Å². The van der Waals surface area contributed by atoms with Gasteiger partial charge in [-0.05, 0) is 50.0 Å². The van der Waals surface area contributed by atoms with Gasteiger partial charge in [0.25, 0.3) is 0 Å². The molecule has 7 atom stereocenters. The third kappa shape index (κ3) is 2.83. The van der Waals surface area contributed by atoms with Crippen LogP contribution in [0.3, 0.4) is 0 Å². The van der Waals surface area contributed by atoms with Crippen LogP contribution in [0.25, 0.3) is 0 Å². The van der Waals surface area contributed by atoms with Gasteiger partial charge in [-0.1, -0.05) is 33.3 Å². The number of carbonyl (C=O) groups excluding carboxylic acids is 3. The fourth-order valence-electron chi connectivity index (χ4n) is 6.57. The zero-order chi connectivity index (χ0) is 22.0.